The number of hydrogen-bond acceptors (Lipinski definition) is 3. The zero-order chi connectivity index (χ0) is 16.4. The topological polar surface area (TPSA) is 56.1 Å². The minimum absolute atomic E-state index is 0.124. The van der Waals surface area contributed by atoms with Crippen LogP contribution in [-0.2, 0) is 16.3 Å². The largest absolute Gasteiger partial charge is 0.361 e. The predicted octanol–water partition coefficient (Wildman–Crippen LogP) is 3.70. The van der Waals surface area contributed by atoms with Crippen molar-refractivity contribution in [1.82, 2.24) is 9.55 Å². The molecule has 1 aromatic carbocycles. The number of carbonyl (C=O) groups is 1. The number of nitrogens with zero attached hydrogens (tertiary/aromatic N) is 2. The van der Waals surface area contributed by atoms with Crippen LogP contribution in [0.3, 0.4) is 0 Å². The molecule has 3 rings (SSSR count). The highest BCUT2D eigenvalue weighted by atomic mass is 28.3. The maximum absolute atomic E-state index is 11.8. The molecule has 1 aliphatic rings. The number of ether oxygens (including phenoxy) is 1. The Balaban J connectivity index is 1.60. The third kappa shape index (κ3) is 4.42. The molecule has 1 N–H and O–H groups in total. The Labute approximate surface area is 138 Å². The van der Waals surface area contributed by atoms with E-state index in [1.54, 1.807) is 6.33 Å². The Morgan fingerprint density at radius 3 is 2.87 bits per heavy atom. The van der Waals surface area contributed by atoms with E-state index in [0.717, 1.165) is 42.2 Å². The second-order valence-electron chi connectivity index (χ2n) is 7.53. The van der Waals surface area contributed by atoms with Gasteiger partial charge in [0.05, 0.1) is 17.4 Å². The lowest BCUT2D eigenvalue weighted by atomic mass is 10.2. The molecule has 1 fully saturated rings. The van der Waals surface area contributed by atoms with Gasteiger partial charge in [-0.25, -0.2) is 4.98 Å². The molecule has 23 heavy (non-hydrogen) atoms. The number of benzene rings is 1. The first-order chi connectivity index (χ1) is 10.9. The van der Waals surface area contributed by atoms with Crippen LogP contribution in [0, 0.1) is 5.92 Å². The number of amides is 1. The SMILES string of the molecule is C[Si](C)(C)CCOCn1cnc2cc(NC(=O)C3CC3)ccc21. The molecular formula is C17H25N3O2Si. The second-order valence-corrected chi connectivity index (χ2v) is 13.2. The van der Waals surface area contributed by atoms with Crippen LogP contribution in [0.25, 0.3) is 11.0 Å². The van der Waals surface area contributed by atoms with Gasteiger partial charge in [0.25, 0.3) is 0 Å². The van der Waals surface area contributed by atoms with Gasteiger partial charge in [0.15, 0.2) is 0 Å². The van der Waals surface area contributed by atoms with Crippen LogP contribution < -0.4 is 5.32 Å². The van der Waals surface area contributed by atoms with Crippen LogP contribution >= 0.6 is 0 Å². The summed E-state index contributed by atoms with van der Waals surface area (Å²) in [5, 5.41) is 2.96. The number of aromatic nitrogens is 2. The van der Waals surface area contributed by atoms with Gasteiger partial charge in [0.1, 0.15) is 6.73 Å². The van der Waals surface area contributed by atoms with Crippen molar-refractivity contribution in [3.05, 3.63) is 24.5 Å². The summed E-state index contributed by atoms with van der Waals surface area (Å²) in [7, 11) is -1.05. The van der Waals surface area contributed by atoms with E-state index in [2.05, 4.69) is 29.9 Å². The van der Waals surface area contributed by atoms with Crippen LogP contribution in [0.1, 0.15) is 12.8 Å². The van der Waals surface area contributed by atoms with E-state index in [1.807, 2.05) is 22.8 Å². The Bertz CT molecular complexity index is 701. The predicted molar refractivity (Wildman–Crippen MR) is 95.2 cm³/mol. The summed E-state index contributed by atoms with van der Waals surface area (Å²) in [6.07, 6.45) is 3.82. The van der Waals surface area contributed by atoms with Gasteiger partial charge >= 0.3 is 0 Å². The average molecular weight is 331 g/mol. The van der Waals surface area contributed by atoms with Gasteiger partial charge in [0.2, 0.25) is 5.91 Å². The van der Waals surface area contributed by atoms with Crippen molar-refractivity contribution in [2.75, 3.05) is 11.9 Å². The number of imidazole rings is 1. The van der Waals surface area contributed by atoms with E-state index in [9.17, 15) is 4.79 Å². The summed E-state index contributed by atoms with van der Waals surface area (Å²) in [6, 6.07) is 7.01. The van der Waals surface area contributed by atoms with E-state index >= 15 is 0 Å². The van der Waals surface area contributed by atoms with Crippen molar-refractivity contribution in [2.45, 2.75) is 45.3 Å². The molecule has 1 aliphatic carbocycles. The van der Waals surface area contributed by atoms with Gasteiger partial charge in [-0.3, -0.25) is 4.79 Å². The van der Waals surface area contributed by atoms with Gasteiger partial charge in [0, 0.05) is 26.3 Å². The van der Waals surface area contributed by atoms with Crippen molar-refractivity contribution < 1.29 is 9.53 Å². The first kappa shape index (κ1) is 16.2. The summed E-state index contributed by atoms with van der Waals surface area (Å²) in [5.41, 5.74) is 2.73. The molecule has 1 amide bonds. The Morgan fingerprint density at radius 2 is 2.17 bits per heavy atom. The normalized spacial score (nSPS) is 15.1. The minimum atomic E-state index is -1.05. The number of fused-ring (bicyclic) bond motifs is 1. The monoisotopic (exact) mass is 331 g/mol. The molecule has 124 valence electrons. The molecule has 0 radical (unpaired) electrons. The highest BCUT2D eigenvalue weighted by Gasteiger charge is 2.29. The lowest BCUT2D eigenvalue weighted by molar-refractivity contribution is -0.117. The molecule has 0 unspecified atom stereocenters. The van der Waals surface area contributed by atoms with Crippen molar-refractivity contribution in [3.63, 3.8) is 0 Å². The molecule has 5 nitrogen and oxygen atoms in total. The molecule has 0 spiro atoms. The summed E-state index contributed by atoms with van der Waals surface area (Å²) >= 11 is 0. The maximum Gasteiger partial charge on any atom is 0.227 e. The molecule has 2 aromatic rings. The number of rotatable bonds is 7. The minimum Gasteiger partial charge on any atom is -0.361 e. The Morgan fingerprint density at radius 1 is 1.39 bits per heavy atom. The van der Waals surface area contributed by atoms with Gasteiger partial charge < -0.3 is 14.6 Å². The van der Waals surface area contributed by atoms with E-state index < -0.39 is 8.07 Å². The molecule has 0 aliphatic heterocycles. The fourth-order valence-electron chi connectivity index (χ4n) is 2.38. The standard InChI is InChI=1S/C17H25N3O2Si/c1-23(2,3)9-8-22-12-20-11-18-15-10-14(6-7-16(15)20)19-17(21)13-4-5-13/h6-7,10-11,13H,4-5,8-9,12H2,1-3H3,(H,19,21). The van der Waals surface area contributed by atoms with Crippen molar-refractivity contribution in [3.8, 4) is 0 Å². The number of hydrogen-bond donors (Lipinski definition) is 1. The number of nitrogens with one attached hydrogen (secondary N) is 1. The van der Waals surface area contributed by atoms with Crippen LogP contribution in [0.4, 0.5) is 5.69 Å². The van der Waals surface area contributed by atoms with Gasteiger partial charge in [-0.05, 0) is 37.1 Å². The van der Waals surface area contributed by atoms with Crippen molar-refractivity contribution >= 4 is 30.7 Å². The maximum atomic E-state index is 11.8. The van der Waals surface area contributed by atoms with Gasteiger partial charge in [-0.2, -0.15) is 0 Å². The fraction of sp³-hybridized carbons (Fsp3) is 0.529. The van der Waals surface area contributed by atoms with Crippen molar-refractivity contribution in [2.24, 2.45) is 5.92 Å². The molecule has 1 aromatic heterocycles. The fourth-order valence-corrected chi connectivity index (χ4v) is 3.13. The van der Waals surface area contributed by atoms with Crippen LogP contribution in [0.15, 0.2) is 24.5 Å². The first-order valence-corrected chi connectivity index (χ1v) is 12.0. The number of anilines is 1. The van der Waals surface area contributed by atoms with E-state index in [-0.39, 0.29) is 11.8 Å². The van der Waals surface area contributed by atoms with E-state index in [4.69, 9.17) is 4.74 Å². The first-order valence-electron chi connectivity index (χ1n) is 8.26. The average Bonchev–Trinajstić information content (AvgIpc) is 3.25. The molecule has 1 heterocycles. The quantitative estimate of drug-likeness (QED) is 0.622. The molecule has 6 heteroatoms. The summed E-state index contributed by atoms with van der Waals surface area (Å²) in [5.74, 6) is 0.335. The van der Waals surface area contributed by atoms with Crippen LogP contribution in [0.2, 0.25) is 25.7 Å². The molecule has 1 saturated carbocycles. The van der Waals surface area contributed by atoms with Crippen LogP contribution in [0.5, 0.6) is 0 Å². The van der Waals surface area contributed by atoms with E-state index in [1.165, 1.54) is 0 Å². The zero-order valence-electron chi connectivity index (χ0n) is 14.1. The molecule has 0 bridgehead atoms. The zero-order valence-corrected chi connectivity index (χ0v) is 15.1. The summed E-state index contributed by atoms with van der Waals surface area (Å²) in [6.45, 7) is 8.36. The lowest BCUT2D eigenvalue weighted by Crippen LogP contribution is -2.21. The Hall–Kier alpha value is -1.66. The Kier molecular flexibility index (Phi) is 4.54. The smallest absolute Gasteiger partial charge is 0.227 e. The summed E-state index contributed by atoms with van der Waals surface area (Å²) in [4.78, 5) is 16.2. The highest BCUT2D eigenvalue weighted by molar-refractivity contribution is 6.76. The van der Waals surface area contributed by atoms with Crippen LogP contribution in [-0.4, -0.2) is 30.1 Å². The van der Waals surface area contributed by atoms with Gasteiger partial charge in [-0.1, -0.05) is 19.6 Å². The second kappa shape index (κ2) is 6.45. The third-order valence-electron chi connectivity index (χ3n) is 4.06. The lowest BCUT2D eigenvalue weighted by Gasteiger charge is -2.15. The van der Waals surface area contributed by atoms with E-state index in [0.29, 0.717) is 6.73 Å². The third-order valence-corrected chi connectivity index (χ3v) is 5.77. The van der Waals surface area contributed by atoms with Gasteiger partial charge in [-0.15, -0.1) is 0 Å². The molecule has 0 saturated heterocycles. The highest BCUT2D eigenvalue weighted by Crippen LogP contribution is 2.30. The molecule has 0 atom stereocenters. The molecular weight excluding hydrogens is 306 g/mol. The van der Waals surface area contributed by atoms with Crippen molar-refractivity contribution in [1.29, 1.82) is 0 Å². The summed E-state index contributed by atoms with van der Waals surface area (Å²) < 4.78 is 7.79. The number of carbonyl (C=O) groups excluding carboxylic acids is 1.